The van der Waals surface area contributed by atoms with Gasteiger partial charge in [-0.2, -0.15) is 0 Å². The van der Waals surface area contributed by atoms with E-state index in [9.17, 15) is 19.2 Å². The zero-order chi connectivity index (χ0) is 22.9. The molecule has 2 amide bonds. The van der Waals surface area contributed by atoms with Crippen molar-refractivity contribution < 1.29 is 28.7 Å². The molecule has 8 heteroatoms. The lowest BCUT2D eigenvalue weighted by atomic mass is 10.1. The van der Waals surface area contributed by atoms with E-state index in [2.05, 4.69) is 15.4 Å². The van der Waals surface area contributed by atoms with Crippen LogP contribution < -0.4 is 10.6 Å². The van der Waals surface area contributed by atoms with Crippen LogP contribution in [-0.4, -0.2) is 37.5 Å². The Morgan fingerprint density at radius 3 is 1.84 bits per heavy atom. The second kappa shape index (κ2) is 10.5. The summed E-state index contributed by atoms with van der Waals surface area (Å²) in [5.41, 5.74) is 1.18. The van der Waals surface area contributed by atoms with E-state index >= 15 is 0 Å². The number of nitrogens with one attached hydrogen (secondary N) is 2. The van der Waals surface area contributed by atoms with Crippen molar-refractivity contribution >= 4 is 35.1 Å². The first-order chi connectivity index (χ1) is 15.5. The lowest BCUT2D eigenvalue weighted by molar-refractivity contribution is -0.119. The zero-order valence-corrected chi connectivity index (χ0v) is 17.2. The first kappa shape index (κ1) is 22.2. The Kier molecular flexibility index (Phi) is 7.32. The summed E-state index contributed by atoms with van der Waals surface area (Å²) in [6.45, 7) is -0.588. The number of rotatable bonds is 7. The monoisotopic (exact) mass is 432 g/mol. The van der Waals surface area contributed by atoms with E-state index in [0.717, 1.165) is 0 Å². The molecule has 0 unspecified atom stereocenters. The number of anilines is 2. The van der Waals surface area contributed by atoms with Crippen LogP contribution in [-0.2, 0) is 14.3 Å². The Morgan fingerprint density at radius 1 is 0.688 bits per heavy atom. The highest BCUT2D eigenvalue weighted by molar-refractivity contribution is 6.08. The number of hydrogen-bond acceptors (Lipinski definition) is 6. The molecule has 0 aromatic heterocycles. The third-order valence-electron chi connectivity index (χ3n) is 4.37. The van der Waals surface area contributed by atoms with Crippen molar-refractivity contribution in [2.75, 3.05) is 24.4 Å². The molecular weight excluding hydrogens is 412 g/mol. The number of carbonyl (C=O) groups is 4. The van der Waals surface area contributed by atoms with Crippen LogP contribution in [0.2, 0.25) is 0 Å². The third kappa shape index (κ3) is 5.57. The minimum absolute atomic E-state index is 0.0968. The van der Waals surface area contributed by atoms with Crippen molar-refractivity contribution in [3.63, 3.8) is 0 Å². The van der Waals surface area contributed by atoms with Gasteiger partial charge in [-0.05, 0) is 36.4 Å². The van der Waals surface area contributed by atoms with E-state index < -0.39 is 24.5 Å². The van der Waals surface area contributed by atoms with Crippen LogP contribution in [0.15, 0.2) is 78.9 Å². The maximum absolute atomic E-state index is 12.5. The maximum atomic E-state index is 12.5. The topological polar surface area (TPSA) is 111 Å². The van der Waals surface area contributed by atoms with Gasteiger partial charge in [0.2, 0.25) is 0 Å². The van der Waals surface area contributed by atoms with Crippen LogP contribution in [0.25, 0.3) is 0 Å². The average molecular weight is 432 g/mol. The predicted octanol–water partition coefficient (Wildman–Crippen LogP) is 3.52. The highest BCUT2D eigenvalue weighted by Crippen LogP contribution is 2.18. The van der Waals surface area contributed by atoms with E-state index in [0.29, 0.717) is 5.56 Å². The Bertz CT molecular complexity index is 1140. The number of benzene rings is 3. The fourth-order valence-corrected chi connectivity index (χ4v) is 2.83. The molecule has 0 radical (unpaired) electrons. The first-order valence-electron chi connectivity index (χ1n) is 9.59. The van der Waals surface area contributed by atoms with Gasteiger partial charge in [-0.1, -0.05) is 42.5 Å². The van der Waals surface area contributed by atoms with Crippen LogP contribution in [0, 0.1) is 0 Å². The summed E-state index contributed by atoms with van der Waals surface area (Å²) < 4.78 is 9.78. The average Bonchev–Trinajstić information content (AvgIpc) is 2.83. The van der Waals surface area contributed by atoms with E-state index in [1.165, 1.54) is 25.3 Å². The maximum Gasteiger partial charge on any atom is 0.340 e. The van der Waals surface area contributed by atoms with E-state index in [1.54, 1.807) is 60.7 Å². The molecule has 0 atom stereocenters. The molecule has 3 aromatic rings. The third-order valence-corrected chi connectivity index (χ3v) is 4.37. The minimum atomic E-state index is -0.787. The Balaban J connectivity index is 1.64. The first-order valence-corrected chi connectivity index (χ1v) is 9.59. The molecule has 0 aliphatic rings. The van der Waals surface area contributed by atoms with Crippen LogP contribution in [0.1, 0.15) is 31.1 Å². The van der Waals surface area contributed by atoms with Gasteiger partial charge >= 0.3 is 11.9 Å². The molecule has 0 heterocycles. The summed E-state index contributed by atoms with van der Waals surface area (Å²) in [4.78, 5) is 49.0. The van der Waals surface area contributed by atoms with Gasteiger partial charge < -0.3 is 20.1 Å². The fourth-order valence-electron chi connectivity index (χ4n) is 2.83. The van der Waals surface area contributed by atoms with Crippen molar-refractivity contribution in [1.82, 2.24) is 0 Å². The second-order valence-electron chi connectivity index (χ2n) is 6.53. The van der Waals surface area contributed by atoms with Crippen molar-refractivity contribution in [1.29, 1.82) is 0 Å². The predicted molar refractivity (Wildman–Crippen MR) is 118 cm³/mol. The summed E-state index contributed by atoms with van der Waals surface area (Å²) in [6, 6.07) is 21.1. The number of carbonyl (C=O) groups excluding carboxylic acids is 4. The molecule has 0 bridgehead atoms. The number of methoxy groups -OCH3 is 1. The van der Waals surface area contributed by atoms with Crippen LogP contribution in [0.3, 0.4) is 0 Å². The molecule has 2 N–H and O–H groups in total. The van der Waals surface area contributed by atoms with Gasteiger partial charge in [0.1, 0.15) is 0 Å². The van der Waals surface area contributed by atoms with Gasteiger partial charge in [-0.15, -0.1) is 0 Å². The number of esters is 2. The SMILES string of the molecule is COC(=O)c1ccccc1NC(=O)COC(=O)c1ccccc1NC(=O)c1ccccc1. The molecule has 0 spiro atoms. The van der Waals surface area contributed by atoms with Gasteiger partial charge in [0.25, 0.3) is 11.8 Å². The molecular formula is C24H20N2O6. The Morgan fingerprint density at radius 2 is 1.22 bits per heavy atom. The summed E-state index contributed by atoms with van der Waals surface area (Å²) in [6.07, 6.45) is 0. The molecule has 32 heavy (non-hydrogen) atoms. The largest absolute Gasteiger partial charge is 0.465 e. The van der Waals surface area contributed by atoms with Crippen LogP contribution in [0.4, 0.5) is 11.4 Å². The Labute approximate surface area is 184 Å². The van der Waals surface area contributed by atoms with Gasteiger partial charge in [0, 0.05) is 5.56 Å². The molecule has 0 fully saturated rings. The highest BCUT2D eigenvalue weighted by Gasteiger charge is 2.18. The molecule has 0 aliphatic heterocycles. The van der Waals surface area contributed by atoms with Gasteiger partial charge in [-0.3, -0.25) is 9.59 Å². The van der Waals surface area contributed by atoms with E-state index in [4.69, 9.17) is 4.74 Å². The smallest absolute Gasteiger partial charge is 0.340 e. The Hall–Kier alpha value is -4.46. The number of ether oxygens (including phenoxy) is 2. The highest BCUT2D eigenvalue weighted by atomic mass is 16.5. The molecule has 0 saturated carbocycles. The van der Waals surface area contributed by atoms with Crippen LogP contribution >= 0.6 is 0 Å². The molecule has 3 aromatic carbocycles. The molecule has 8 nitrogen and oxygen atoms in total. The molecule has 0 saturated heterocycles. The van der Waals surface area contributed by atoms with Gasteiger partial charge in [0.05, 0.1) is 29.6 Å². The van der Waals surface area contributed by atoms with Crippen molar-refractivity contribution in [2.45, 2.75) is 0 Å². The van der Waals surface area contributed by atoms with E-state index in [1.807, 2.05) is 0 Å². The van der Waals surface area contributed by atoms with Gasteiger partial charge in [0.15, 0.2) is 6.61 Å². The van der Waals surface area contributed by atoms with Crippen LogP contribution in [0.5, 0.6) is 0 Å². The van der Waals surface area contributed by atoms with E-state index in [-0.39, 0.29) is 28.4 Å². The standard InChI is InChI=1S/C24H20N2O6/c1-31-23(29)17-11-5-7-13-19(17)25-21(27)15-32-24(30)18-12-6-8-14-20(18)26-22(28)16-9-3-2-4-10-16/h2-14H,15H2,1H3,(H,25,27)(H,26,28). The lowest BCUT2D eigenvalue weighted by Gasteiger charge is -2.12. The molecule has 3 rings (SSSR count). The van der Waals surface area contributed by atoms with Gasteiger partial charge in [-0.25, -0.2) is 9.59 Å². The molecule has 0 aliphatic carbocycles. The van der Waals surface area contributed by atoms with Crippen molar-refractivity contribution in [2.24, 2.45) is 0 Å². The summed E-state index contributed by atoms with van der Waals surface area (Å²) >= 11 is 0. The zero-order valence-electron chi connectivity index (χ0n) is 17.2. The quantitative estimate of drug-likeness (QED) is 0.553. The summed E-state index contributed by atoms with van der Waals surface area (Å²) in [5, 5.41) is 5.18. The number of para-hydroxylation sites is 2. The fraction of sp³-hybridized carbons (Fsp3) is 0.0833. The number of hydrogen-bond donors (Lipinski definition) is 2. The lowest BCUT2D eigenvalue weighted by Crippen LogP contribution is -2.23. The molecule has 162 valence electrons. The second-order valence-corrected chi connectivity index (χ2v) is 6.53. The van der Waals surface area contributed by atoms with Crippen molar-refractivity contribution in [3.05, 3.63) is 95.6 Å². The number of amides is 2. The summed E-state index contributed by atoms with van der Waals surface area (Å²) in [7, 11) is 1.23. The normalized spacial score (nSPS) is 10.0. The minimum Gasteiger partial charge on any atom is -0.465 e. The van der Waals surface area contributed by atoms with Crippen molar-refractivity contribution in [3.8, 4) is 0 Å². The summed E-state index contributed by atoms with van der Waals surface area (Å²) in [5.74, 6) is -2.42.